The molecule has 0 radical (unpaired) electrons. The molecule has 2 rings (SSSR count). The summed E-state index contributed by atoms with van der Waals surface area (Å²) in [5.74, 6) is -0.0718. The zero-order valence-corrected chi connectivity index (χ0v) is 10.7. The zero-order chi connectivity index (χ0) is 13.1. The highest BCUT2D eigenvalue weighted by Crippen LogP contribution is 2.25. The van der Waals surface area contributed by atoms with Crippen molar-refractivity contribution in [3.8, 4) is 0 Å². The standard InChI is InChI=1S/C12H9Cl2N3O/c13-8-5-4-7(6-9(8)14)16-12(18)10-2-1-3-11(15)17-10/h1-6H,(H2,15,17)(H,16,18). The first-order chi connectivity index (χ1) is 8.56. The van der Waals surface area contributed by atoms with Crippen LogP contribution in [0.3, 0.4) is 0 Å². The Morgan fingerprint density at radius 3 is 2.61 bits per heavy atom. The molecule has 1 aromatic heterocycles. The maximum atomic E-state index is 11.9. The lowest BCUT2D eigenvalue weighted by molar-refractivity contribution is 0.102. The van der Waals surface area contributed by atoms with Crippen LogP contribution in [0.2, 0.25) is 10.0 Å². The van der Waals surface area contributed by atoms with Gasteiger partial charge in [0.05, 0.1) is 10.0 Å². The molecular formula is C12H9Cl2N3O. The number of aromatic nitrogens is 1. The fourth-order valence-corrected chi connectivity index (χ4v) is 1.65. The second kappa shape index (κ2) is 5.25. The van der Waals surface area contributed by atoms with E-state index in [4.69, 9.17) is 28.9 Å². The highest BCUT2D eigenvalue weighted by Gasteiger charge is 2.08. The molecule has 0 saturated carbocycles. The molecule has 0 atom stereocenters. The van der Waals surface area contributed by atoms with Crippen LogP contribution in [0.4, 0.5) is 11.5 Å². The quantitative estimate of drug-likeness (QED) is 0.888. The SMILES string of the molecule is Nc1cccc(C(=O)Nc2ccc(Cl)c(Cl)c2)n1. The highest BCUT2D eigenvalue weighted by molar-refractivity contribution is 6.42. The average Bonchev–Trinajstić information content (AvgIpc) is 2.34. The molecule has 6 heteroatoms. The van der Waals surface area contributed by atoms with Crippen molar-refractivity contribution in [1.29, 1.82) is 0 Å². The molecule has 2 aromatic rings. The topological polar surface area (TPSA) is 68.0 Å². The summed E-state index contributed by atoms with van der Waals surface area (Å²) in [7, 11) is 0. The number of amides is 1. The Balaban J connectivity index is 2.18. The number of carbonyl (C=O) groups is 1. The van der Waals surface area contributed by atoms with Crippen LogP contribution in [-0.2, 0) is 0 Å². The lowest BCUT2D eigenvalue weighted by Crippen LogP contribution is -2.14. The predicted octanol–water partition coefficient (Wildman–Crippen LogP) is 3.22. The van der Waals surface area contributed by atoms with Gasteiger partial charge in [-0.1, -0.05) is 29.3 Å². The fraction of sp³-hybridized carbons (Fsp3) is 0. The Morgan fingerprint density at radius 1 is 1.17 bits per heavy atom. The van der Waals surface area contributed by atoms with Crippen molar-refractivity contribution in [3.63, 3.8) is 0 Å². The number of hydrogen-bond acceptors (Lipinski definition) is 3. The smallest absolute Gasteiger partial charge is 0.274 e. The lowest BCUT2D eigenvalue weighted by atomic mass is 10.3. The summed E-state index contributed by atoms with van der Waals surface area (Å²) in [5.41, 5.74) is 6.28. The van der Waals surface area contributed by atoms with Gasteiger partial charge in [0, 0.05) is 5.69 Å². The molecule has 0 aliphatic carbocycles. The summed E-state index contributed by atoms with van der Waals surface area (Å²) in [4.78, 5) is 15.8. The summed E-state index contributed by atoms with van der Waals surface area (Å²) >= 11 is 11.6. The van der Waals surface area contributed by atoms with Crippen molar-refractivity contribution in [1.82, 2.24) is 4.98 Å². The number of nitrogens with one attached hydrogen (secondary N) is 1. The number of nitrogen functional groups attached to an aromatic ring is 1. The third kappa shape index (κ3) is 2.91. The molecule has 0 bridgehead atoms. The van der Waals surface area contributed by atoms with Gasteiger partial charge in [-0.3, -0.25) is 4.79 Å². The van der Waals surface area contributed by atoms with Crippen molar-refractivity contribution in [2.24, 2.45) is 0 Å². The predicted molar refractivity (Wildman–Crippen MR) is 73.1 cm³/mol. The van der Waals surface area contributed by atoms with Crippen molar-refractivity contribution >= 4 is 40.6 Å². The van der Waals surface area contributed by atoms with Gasteiger partial charge in [-0.15, -0.1) is 0 Å². The minimum absolute atomic E-state index is 0.237. The Morgan fingerprint density at radius 2 is 1.94 bits per heavy atom. The summed E-state index contributed by atoms with van der Waals surface area (Å²) in [6.07, 6.45) is 0. The summed E-state index contributed by atoms with van der Waals surface area (Å²) in [6.45, 7) is 0. The molecule has 92 valence electrons. The van der Waals surface area contributed by atoms with Crippen molar-refractivity contribution in [3.05, 3.63) is 52.1 Å². The van der Waals surface area contributed by atoms with Crippen molar-refractivity contribution in [2.45, 2.75) is 0 Å². The summed E-state index contributed by atoms with van der Waals surface area (Å²) in [6, 6.07) is 9.66. The number of nitrogens with zero attached hydrogens (tertiary/aromatic N) is 1. The van der Waals surface area contributed by atoms with Gasteiger partial charge < -0.3 is 11.1 Å². The minimum Gasteiger partial charge on any atom is -0.384 e. The molecule has 1 heterocycles. The monoisotopic (exact) mass is 281 g/mol. The van der Waals surface area contributed by atoms with Gasteiger partial charge in [-0.05, 0) is 30.3 Å². The van der Waals surface area contributed by atoms with Crippen molar-refractivity contribution in [2.75, 3.05) is 11.1 Å². The first-order valence-electron chi connectivity index (χ1n) is 5.05. The number of benzene rings is 1. The van der Waals surface area contributed by atoms with Crippen LogP contribution in [0.1, 0.15) is 10.5 Å². The fourth-order valence-electron chi connectivity index (χ4n) is 1.35. The van der Waals surface area contributed by atoms with E-state index in [0.29, 0.717) is 15.7 Å². The number of carbonyl (C=O) groups excluding carboxylic acids is 1. The van der Waals surface area contributed by atoms with Gasteiger partial charge >= 0.3 is 0 Å². The second-order valence-electron chi connectivity index (χ2n) is 3.53. The molecular weight excluding hydrogens is 273 g/mol. The molecule has 0 unspecified atom stereocenters. The largest absolute Gasteiger partial charge is 0.384 e. The van der Waals surface area contributed by atoms with Gasteiger partial charge in [0.1, 0.15) is 11.5 Å². The van der Waals surface area contributed by atoms with Gasteiger partial charge in [0.25, 0.3) is 5.91 Å². The van der Waals surface area contributed by atoms with Crippen LogP contribution in [0.15, 0.2) is 36.4 Å². The van der Waals surface area contributed by atoms with Crippen molar-refractivity contribution < 1.29 is 4.79 Å². The van der Waals surface area contributed by atoms with Crippen LogP contribution in [0, 0.1) is 0 Å². The van der Waals surface area contributed by atoms with E-state index in [0.717, 1.165) is 0 Å². The minimum atomic E-state index is -0.360. The van der Waals surface area contributed by atoms with Crippen LogP contribution >= 0.6 is 23.2 Å². The summed E-state index contributed by atoms with van der Waals surface area (Å²) < 4.78 is 0. The first-order valence-corrected chi connectivity index (χ1v) is 5.81. The van der Waals surface area contributed by atoms with E-state index in [-0.39, 0.29) is 17.4 Å². The van der Waals surface area contributed by atoms with E-state index in [1.165, 1.54) is 0 Å². The Bertz CT molecular complexity index is 602. The normalized spacial score (nSPS) is 10.1. The van der Waals surface area contributed by atoms with Gasteiger partial charge in [0.15, 0.2) is 0 Å². The van der Waals surface area contributed by atoms with Crippen LogP contribution in [0.25, 0.3) is 0 Å². The van der Waals surface area contributed by atoms with E-state index in [2.05, 4.69) is 10.3 Å². The molecule has 3 N–H and O–H groups in total. The van der Waals surface area contributed by atoms with Crippen LogP contribution < -0.4 is 11.1 Å². The van der Waals surface area contributed by atoms with E-state index < -0.39 is 0 Å². The summed E-state index contributed by atoms with van der Waals surface area (Å²) in [5, 5.41) is 3.45. The Kier molecular flexibility index (Phi) is 3.69. The second-order valence-corrected chi connectivity index (χ2v) is 4.35. The molecule has 4 nitrogen and oxygen atoms in total. The number of hydrogen-bond donors (Lipinski definition) is 2. The molecule has 0 fully saturated rings. The molecule has 0 aliphatic heterocycles. The number of halogens is 2. The average molecular weight is 282 g/mol. The van der Waals surface area contributed by atoms with E-state index in [1.807, 2.05) is 0 Å². The van der Waals surface area contributed by atoms with E-state index in [1.54, 1.807) is 36.4 Å². The first kappa shape index (κ1) is 12.7. The molecule has 1 amide bonds. The van der Waals surface area contributed by atoms with Gasteiger partial charge in [-0.25, -0.2) is 4.98 Å². The molecule has 18 heavy (non-hydrogen) atoms. The zero-order valence-electron chi connectivity index (χ0n) is 9.15. The van der Waals surface area contributed by atoms with Crippen LogP contribution in [-0.4, -0.2) is 10.9 Å². The highest BCUT2D eigenvalue weighted by atomic mass is 35.5. The molecule has 0 saturated heterocycles. The maximum Gasteiger partial charge on any atom is 0.274 e. The number of anilines is 2. The lowest BCUT2D eigenvalue weighted by Gasteiger charge is -2.06. The molecule has 0 spiro atoms. The van der Waals surface area contributed by atoms with Gasteiger partial charge in [-0.2, -0.15) is 0 Å². The number of nitrogens with two attached hydrogens (primary N) is 1. The van der Waals surface area contributed by atoms with E-state index >= 15 is 0 Å². The Labute approximate surface area is 114 Å². The number of rotatable bonds is 2. The van der Waals surface area contributed by atoms with Crippen LogP contribution in [0.5, 0.6) is 0 Å². The van der Waals surface area contributed by atoms with E-state index in [9.17, 15) is 4.79 Å². The third-order valence-electron chi connectivity index (χ3n) is 2.18. The molecule has 1 aromatic carbocycles. The Hall–Kier alpha value is -1.78. The maximum absolute atomic E-state index is 11.9. The van der Waals surface area contributed by atoms with Gasteiger partial charge in [0.2, 0.25) is 0 Å². The number of pyridine rings is 1. The molecule has 0 aliphatic rings. The third-order valence-corrected chi connectivity index (χ3v) is 2.92.